The molecule has 0 saturated carbocycles. The molecule has 24 heavy (non-hydrogen) atoms. The van der Waals surface area contributed by atoms with Gasteiger partial charge < -0.3 is 4.90 Å². The highest BCUT2D eigenvalue weighted by Gasteiger charge is 2.13. The second-order valence-corrected chi connectivity index (χ2v) is 5.24. The van der Waals surface area contributed by atoms with Gasteiger partial charge >= 0.3 is 0 Å². The van der Waals surface area contributed by atoms with Gasteiger partial charge in [-0.25, -0.2) is 4.68 Å². The third kappa shape index (κ3) is 3.38. The minimum atomic E-state index is -0.322. The van der Waals surface area contributed by atoms with Crippen LogP contribution in [0.2, 0.25) is 0 Å². The number of hydrogen-bond donors (Lipinski definition) is 0. The lowest BCUT2D eigenvalue weighted by Crippen LogP contribution is -2.34. The van der Waals surface area contributed by atoms with Crippen molar-refractivity contribution in [2.75, 3.05) is 11.9 Å². The molecule has 3 aromatic rings. The van der Waals surface area contributed by atoms with Crippen LogP contribution < -0.4 is 10.5 Å². The van der Waals surface area contributed by atoms with Gasteiger partial charge in [-0.2, -0.15) is 5.10 Å². The van der Waals surface area contributed by atoms with Crippen LogP contribution in [0.15, 0.2) is 71.8 Å². The van der Waals surface area contributed by atoms with Crippen LogP contribution in [0.3, 0.4) is 0 Å². The third-order valence-corrected chi connectivity index (χ3v) is 3.63. The Morgan fingerprint density at radius 2 is 1.88 bits per heavy atom. The molecule has 0 unspecified atom stereocenters. The monoisotopic (exact) mass is 320 g/mol. The maximum absolute atomic E-state index is 12.4. The molecule has 6 heteroatoms. The first-order chi connectivity index (χ1) is 11.6. The van der Waals surface area contributed by atoms with Gasteiger partial charge in [-0.1, -0.05) is 18.2 Å². The Morgan fingerprint density at radius 3 is 2.58 bits per heavy atom. The summed E-state index contributed by atoms with van der Waals surface area (Å²) in [6, 6.07) is 15.9. The molecule has 3 rings (SSSR count). The highest BCUT2D eigenvalue weighted by Crippen LogP contribution is 2.14. The lowest BCUT2D eigenvalue weighted by molar-refractivity contribution is -0.119. The van der Waals surface area contributed by atoms with Crippen molar-refractivity contribution in [1.29, 1.82) is 0 Å². The van der Waals surface area contributed by atoms with E-state index in [1.54, 1.807) is 31.6 Å². The van der Waals surface area contributed by atoms with Gasteiger partial charge in [-0.15, -0.1) is 0 Å². The molecule has 2 aromatic heterocycles. The molecule has 0 bridgehead atoms. The molecule has 6 nitrogen and oxygen atoms in total. The van der Waals surface area contributed by atoms with Crippen LogP contribution in [0.5, 0.6) is 0 Å². The third-order valence-electron chi connectivity index (χ3n) is 3.63. The first kappa shape index (κ1) is 15.6. The standard InChI is InChI=1S/C18H16N4O2/c1-21(15-7-3-2-4-8-15)18(24)13-22-17(23)10-9-16(20-22)14-6-5-11-19-12-14/h2-12H,13H2,1H3. The predicted molar refractivity (Wildman–Crippen MR) is 91.6 cm³/mol. The van der Waals surface area contributed by atoms with E-state index in [4.69, 9.17) is 0 Å². The Morgan fingerprint density at radius 1 is 1.08 bits per heavy atom. The summed E-state index contributed by atoms with van der Waals surface area (Å²) in [6.07, 6.45) is 3.33. The molecule has 0 N–H and O–H groups in total. The zero-order valence-electron chi connectivity index (χ0n) is 13.2. The molecule has 0 fully saturated rings. The summed E-state index contributed by atoms with van der Waals surface area (Å²) in [7, 11) is 1.67. The Labute approximate surface area is 139 Å². The second-order valence-electron chi connectivity index (χ2n) is 5.24. The number of likely N-dealkylation sites (N-methyl/N-ethyl adjacent to an activating group) is 1. The average molecular weight is 320 g/mol. The molecule has 120 valence electrons. The minimum absolute atomic E-state index is 0.127. The van der Waals surface area contributed by atoms with E-state index in [1.165, 1.54) is 15.6 Å². The molecular formula is C18H16N4O2. The molecule has 0 spiro atoms. The van der Waals surface area contributed by atoms with Gasteiger partial charge in [0.15, 0.2) is 0 Å². The number of para-hydroxylation sites is 1. The molecule has 0 aliphatic carbocycles. The van der Waals surface area contributed by atoms with Gasteiger partial charge in [0.25, 0.3) is 5.56 Å². The van der Waals surface area contributed by atoms with Crippen molar-refractivity contribution in [3.05, 3.63) is 77.3 Å². The van der Waals surface area contributed by atoms with Crippen molar-refractivity contribution < 1.29 is 4.79 Å². The van der Waals surface area contributed by atoms with Gasteiger partial charge in [0.05, 0.1) is 5.69 Å². The van der Waals surface area contributed by atoms with E-state index in [2.05, 4.69) is 10.1 Å². The average Bonchev–Trinajstić information content (AvgIpc) is 2.64. The second kappa shape index (κ2) is 6.87. The number of anilines is 1. The molecule has 1 amide bonds. The lowest BCUT2D eigenvalue weighted by Gasteiger charge is -2.17. The SMILES string of the molecule is CN(C(=O)Cn1nc(-c2cccnc2)ccc1=O)c1ccccc1. The molecule has 2 heterocycles. The van der Waals surface area contributed by atoms with E-state index in [0.29, 0.717) is 5.69 Å². The van der Waals surface area contributed by atoms with Crippen LogP contribution in [0.25, 0.3) is 11.3 Å². The molecule has 0 aliphatic heterocycles. The van der Waals surface area contributed by atoms with Crippen molar-refractivity contribution in [1.82, 2.24) is 14.8 Å². The molecular weight excluding hydrogens is 304 g/mol. The quantitative estimate of drug-likeness (QED) is 0.737. The fourth-order valence-electron chi connectivity index (χ4n) is 2.26. The largest absolute Gasteiger partial charge is 0.314 e. The molecule has 1 aromatic carbocycles. The van der Waals surface area contributed by atoms with Gasteiger partial charge in [-0.3, -0.25) is 14.6 Å². The zero-order chi connectivity index (χ0) is 16.9. The fourth-order valence-corrected chi connectivity index (χ4v) is 2.26. The number of aromatic nitrogens is 3. The summed E-state index contributed by atoms with van der Waals surface area (Å²) in [5.41, 5.74) is 1.82. The first-order valence-electron chi connectivity index (χ1n) is 7.45. The van der Waals surface area contributed by atoms with E-state index < -0.39 is 0 Å². The number of amides is 1. The van der Waals surface area contributed by atoms with Crippen molar-refractivity contribution in [2.24, 2.45) is 0 Å². The van der Waals surface area contributed by atoms with Crippen LogP contribution in [0.4, 0.5) is 5.69 Å². The highest BCUT2D eigenvalue weighted by molar-refractivity contribution is 5.92. The predicted octanol–water partition coefficient (Wildman–Crippen LogP) is 1.97. The van der Waals surface area contributed by atoms with Crippen LogP contribution in [-0.4, -0.2) is 27.7 Å². The van der Waals surface area contributed by atoms with Gasteiger partial charge in [0.1, 0.15) is 6.54 Å². The normalized spacial score (nSPS) is 10.4. The maximum Gasteiger partial charge on any atom is 0.267 e. The summed E-state index contributed by atoms with van der Waals surface area (Å²) in [5.74, 6) is -0.223. The number of nitrogens with zero attached hydrogens (tertiary/aromatic N) is 4. The van der Waals surface area contributed by atoms with E-state index in [1.807, 2.05) is 36.4 Å². The summed E-state index contributed by atoms with van der Waals surface area (Å²) < 4.78 is 1.17. The van der Waals surface area contributed by atoms with E-state index in [-0.39, 0.29) is 18.0 Å². The van der Waals surface area contributed by atoms with Crippen molar-refractivity contribution in [3.8, 4) is 11.3 Å². The van der Waals surface area contributed by atoms with Crippen molar-refractivity contribution in [3.63, 3.8) is 0 Å². The molecule has 0 saturated heterocycles. The topological polar surface area (TPSA) is 68.1 Å². The maximum atomic E-state index is 12.4. The molecule has 0 aliphatic rings. The van der Waals surface area contributed by atoms with Gasteiger partial charge in [-0.05, 0) is 30.3 Å². The van der Waals surface area contributed by atoms with Crippen LogP contribution >= 0.6 is 0 Å². The van der Waals surface area contributed by atoms with Crippen molar-refractivity contribution >= 4 is 11.6 Å². The number of benzene rings is 1. The number of hydrogen-bond acceptors (Lipinski definition) is 4. The summed E-state index contributed by atoms with van der Waals surface area (Å²) in [5, 5.41) is 4.28. The smallest absolute Gasteiger partial charge is 0.267 e. The van der Waals surface area contributed by atoms with Crippen LogP contribution in [-0.2, 0) is 11.3 Å². The first-order valence-corrected chi connectivity index (χ1v) is 7.45. The number of carbonyl (C=O) groups is 1. The molecule has 0 atom stereocenters. The minimum Gasteiger partial charge on any atom is -0.314 e. The van der Waals surface area contributed by atoms with E-state index in [0.717, 1.165) is 11.3 Å². The Bertz CT molecular complexity index is 892. The zero-order valence-corrected chi connectivity index (χ0v) is 13.2. The van der Waals surface area contributed by atoms with Gasteiger partial charge in [0.2, 0.25) is 5.91 Å². The summed E-state index contributed by atoms with van der Waals surface area (Å²) in [6.45, 7) is -0.127. The van der Waals surface area contributed by atoms with Gasteiger partial charge in [0, 0.05) is 36.8 Å². The summed E-state index contributed by atoms with van der Waals surface area (Å²) >= 11 is 0. The van der Waals surface area contributed by atoms with Crippen LogP contribution in [0, 0.1) is 0 Å². The van der Waals surface area contributed by atoms with Crippen LogP contribution in [0.1, 0.15) is 0 Å². The Balaban J connectivity index is 1.85. The molecule has 0 radical (unpaired) electrons. The highest BCUT2D eigenvalue weighted by atomic mass is 16.2. The fraction of sp³-hybridized carbons (Fsp3) is 0.111. The number of pyridine rings is 1. The Kier molecular flexibility index (Phi) is 4.47. The van der Waals surface area contributed by atoms with E-state index in [9.17, 15) is 9.59 Å². The van der Waals surface area contributed by atoms with E-state index >= 15 is 0 Å². The number of rotatable bonds is 4. The Hall–Kier alpha value is -3.28. The number of carbonyl (C=O) groups excluding carboxylic acids is 1. The van der Waals surface area contributed by atoms with Crippen molar-refractivity contribution in [2.45, 2.75) is 6.54 Å². The lowest BCUT2D eigenvalue weighted by atomic mass is 10.2. The summed E-state index contributed by atoms with van der Waals surface area (Å²) in [4.78, 5) is 30.0.